The number of hydrogen-bond donors (Lipinski definition) is 2. The van der Waals surface area contributed by atoms with E-state index in [0.29, 0.717) is 0 Å². The minimum absolute atomic E-state index is 0.102. The van der Waals surface area contributed by atoms with Crippen LogP contribution in [0.25, 0.3) is 0 Å². The van der Waals surface area contributed by atoms with Crippen molar-refractivity contribution in [3.63, 3.8) is 0 Å². The standard InChI is InChI=1S/C13H14BrF3O5/c1-2-21-11(19)6-10(18)12(20)8-4-3-7(5-9(8)14)22-13(15,16)17/h3-5,10,12,18,20H,2,6H2,1H3. The number of benzene rings is 1. The van der Waals surface area contributed by atoms with Gasteiger partial charge < -0.3 is 19.7 Å². The van der Waals surface area contributed by atoms with Crippen LogP contribution < -0.4 is 4.74 Å². The highest BCUT2D eigenvalue weighted by Crippen LogP contribution is 2.32. The number of carbonyl (C=O) groups is 1. The molecule has 22 heavy (non-hydrogen) atoms. The normalized spacial score (nSPS) is 14.3. The minimum Gasteiger partial charge on any atom is -0.466 e. The van der Waals surface area contributed by atoms with Gasteiger partial charge in [-0.25, -0.2) is 0 Å². The van der Waals surface area contributed by atoms with Gasteiger partial charge in [0.15, 0.2) is 0 Å². The first-order valence-corrected chi connectivity index (χ1v) is 7.00. The summed E-state index contributed by atoms with van der Waals surface area (Å²) < 4.78 is 44.8. The van der Waals surface area contributed by atoms with Crippen molar-refractivity contribution < 1.29 is 37.7 Å². The Bertz CT molecular complexity index is 521. The first kappa shape index (κ1) is 18.7. The molecule has 2 N–H and O–H groups in total. The lowest BCUT2D eigenvalue weighted by Gasteiger charge is -2.19. The van der Waals surface area contributed by atoms with Gasteiger partial charge in [0.2, 0.25) is 0 Å². The van der Waals surface area contributed by atoms with Crippen LogP contribution in [0.5, 0.6) is 5.75 Å². The largest absolute Gasteiger partial charge is 0.573 e. The van der Waals surface area contributed by atoms with Crippen molar-refractivity contribution in [1.82, 2.24) is 0 Å². The van der Waals surface area contributed by atoms with Crippen LogP contribution in [0.1, 0.15) is 25.0 Å². The van der Waals surface area contributed by atoms with E-state index < -0.39 is 36.7 Å². The number of hydrogen-bond acceptors (Lipinski definition) is 5. The minimum atomic E-state index is -4.83. The van der Waals surface area contributed by atoms with E-state index in [2.05, 4.69) is 25.4 Å². The van der Waals surface area contributed by atoms with Crippen LogP contribution in [-0.2, 0) is 9.53 Å². The van der Waals surface area contributed by atoms with E-state index in [4.69, 9.17) is 0 Å². The van der Waals surface area contributed by atoms with Crippen LogP contribution in [0.3, 0.4) is 0 Å². The van der Waals surface area contributed by atoms with E-state index in [0.717, 1.165) is 18.2 Å². The smallest absolute Gasteiger partial charge is 0.466 e. The average Bonchev–Trinajstić information content (AvgIpc) is 2.36. The van der Waals surface area contributed by atoms with Crippen LogP contribution >= 0.6 is 15.9 Å². The third-order valence-electron chi connectivity index (χ3n) is 2.57. The van der Waals surface area contributed by atoms with Gasteiger partial charge in [-0.3, -0.25) is 4.79 Å². The number of esters is 1. The Morgan fingerprint density at radius 1 is 1.36 bits per heavy atom. The summed E-state index contributed by atoms with van der Waals surface area (Å²) in [5.74, 6) is -1.17. The van der Waals surface area contributed by atoms with E-state index in [1.165, 1.54) is 0 Å². The zero-order valence-corrected chi connectivity index (χ0v) is 13.0. The molecule has 0 aliphatic carbocycles. The van der Waals surface area contributed by atoms with E-state index >= 15 is 0 Å². The Hall–Kier alpha value is -1.32. The SMILES string of the molecule is CCOC(=O)CC(O)C(O)c1ccc(OC(F)(F)F)cc1Br. The Morgan fingerprint density at radius 3 is 2.50 bits per heavy atom. The number of carbonyl (C=O) groups excluding carboxylic acids is 1. The monoisotopic (exact) mass is 386 g/mol. The Kier molecular flexibility index (Phi) is 6.64. The third kappa shape index (κ3) is 5.82. The van der Waals surface area contributed by atoms with E-state index in [9.17, 15) is 28.2 Å². The Balaban J connectivity index is 2.81. The highest BCUT2D eigenvalue weighted by Gasteiger charge is 2.31. The summed E-state index contributed by atoms with van der Waals surface area (Å²) in [6, 6.07) is 3.15. The van der Waals surface area contributed by atoms with Crippen LogP contribution in [0.15, 0.2) is 22.7 Å². The number of rotatable bonds is 6. The Labute approximate surface area is 132 Å². The van der Waals surface area contributed by atoms with E-state index in [1.807, 2.05) is 0 Å². The van der Waals surface area contributed by atoms with Gasteiger partial charge in [-0.15, -0.1) is 13.2 Å². The van der Waals surface area contributed by atoms with Crippen molar-refractivity contribution in [2.75, 3.05) is 6.61 Å². The van der Waals surface area contributed by atoms with Gasteiger partial charge in [0.1, 0.15) is 11.9 Å². The molecule has 1 aromatic rings. The molecular formula is C13H14BrF3O5. The topological polar surface area (TPSA) is 76.0 Å². The molecule has 0 spiro atoms. The summed E-state index contributed by atoms with van der Waals surface area (Å²) in [4.78, 5) is 11.2. The van der Waals surface area contributed by atoms with Gasteiger partial charge in [0.05, 0.1) is 19.1 Å². The molecule has 9 heteroatoms. The summed E-state index contributed by atoms with van der Waals surface area (Å²) in [6.45, 7) is 1.73. The van der Waals surface area contributed by atoms with Crippen molar-refractivity contribution in [2.24, 2.45) is 0 Å². The first-order chi connectivity index (χ1) is 10.1. The maximum Gasteiger partial charge on any atom is 0.573 e. The van der Waals surface area contributed by atoms with Crippen molar-refractivity contribution in [2.45, 2.75) is 31.9 Å². The molecule has 0 bridgehead atoms. The highest BCUT2D eigenvalue weighted by molar-refractivity contribution is 9.10. The summed E-state index contributed by atoms with van der Waals surface area (Å²) in [5, 5.41) is 19.7. The molecule has 0 saturated heterocycles. The lowest BCUT2D eigenvalue weighted by atomic mass is 10.0. The lowest BCUT2D eigenvalue weighted by molar-refractivity contribution is -0.274. The van der Waals surface area contributed by atoms with Gasteiger partial charge in [-0.2, -0.15) is 0 Å². The molecule has 1 aromatic carbocycles. The summed E-state index contributed by atoms with van der Waals surface area (Å²) in [5.41, 5.74) is 0.117. The fourth-order valence-corrected chi connectivity index (χ4v) is 2.25. The van der Waals surface area contributed by atoms with Crippen LogP contribution in [0, 0.1) is 0 Å². The zero-order valence-electron chi connectivity index (χ0n) is 11.4. The van der Waals surface area contributed by atoms with Crippen LogP contribution in [0.4, 0.5) is 13.2 Å². The molecule has 1 rings (SSSR count). The molecule has 0 radical (unpaired) electrons. The molecular weight excluding hydrogens is 373 g/mol. The molecule has 0 aliphatic rings. The fourth-order valence-electron chi connectivity index (χ4n) is 1.65. The zero-order chi connectivity index (χ0) is 16.9. The van der Waals surface area contributed by atoms with E-state index in [1.54, 1.807) is 6.92 Å². The first-order valence-electron chi connectivity index (χ1n) is 6.21. The van der Waals surface area contributed by atoms with Gasteiger partial charge >= 0.3 is 12.3 Å². The molecule has 0 aliphatic heterocycles. The molecule has 2 unspecified atom stereocenters. The second-order valence-corrected chi connectivity index (χ2v) is 5.11. The number of aliphatic hydroxyl groups excluding tert-OH is 2. The molecule has 0 fully saturated rings. The van der Waals surface area contributed by atoms with Crippen molar-refractivity contribution >= 4 is 21.9 Å². The molecule has 5 nitrogen and oxygen atoms in total. The van der Waals surface area contributed by atoms with Crippen molar-refractivity contribution in [3.8, 4) is 5.75 Å². The second kappa shape index (κ2) is 7.80. The maximum atomic E-state index is 12.1. The molecule has 0 amide bonds. The summed E-state index contributed by atoms with van der Waals surface area (Å²) in [6.07, 6.45) is -8.20. The van der Waals surface area contributed by atoms with Gasteiger partial charge in [-0.1, -0.05) is 22.0 Å². The number of ether oxygens (including phenoxy) is 2. The molecule has 0 saturated carbocycles. The number of halogens is 4. The predicted octanol–water partition coefficient (Wildman–Crippen LogP) is 2.70. The number of alkyl halides is 3. The second-order valence-electron chi connectivity index (χ2n) is 4.25. The maximum absolute atomic E-state index is 12.1. The van der Waals surface area contributed by atoms with Gasteiger partial charge in [0, 0.05) is 4.47 Å². The van der Waals surface area contributed by atoms with Crippen LogP contribution in [0.2, 0.25) is 0 Å². The molecule has 2 atom stereocenters. The predicted molar refractivity (Wildman–Crippen MR) is 73.0 cm³/mol. The molecule has 0 heterocycles. The van der Waals surface area contributed by atoms with E-state index in [-0.39, 0.29) is 16.6 Å². The number of aliphatic hydroxyl groups is 2. The molecule has 0 aromatic heterocycles. The summed E-state index contributed by atoms with van der Waals surface area (Å²) in [7, 11) is 0. The summed E-state index contributed by atoms with van der Waals surface area (Å²) >= 11 is 2.99. The van der Waals surface area contributed by atoms with Crippen molar-refractivity contribution in [3.05, 3.63) is 28.2 Å². The lowest BCUT2D eigenvalue weighted by Crippen LogP contribution is -2.23. The van der Waals surface area contributed by atoms with Crippen LogP contribution in [-0.4, -0.2) is 35.3 Å². The third-order valence-corrected chi connectivity index (χ3v) is 3.26. The highest BCUT2D eigenvalue weighted by atomic mass is 79.9. The average molecular weight is 387 g/mol. The van der Waals surface area contributed by atoms with Crippen molar-refractivity contribution in [1.29, 1.82) is 0 Å². The fraction of sp³-hybridized carbons (Fsp3) is 0.462. The van der Waals surface area contributed by atoms with Gasteiger partial charge in [-0.05, 0) is 24.6 Å². The van der Waals surface area contributed by atoms with Gasteiger partial charge in [0.25, 0.3) is 0 Å². The molecule has 124 valence electrons. The Morgan fingerprint density at radius 2 is 2.00 bits per heavy atom. The quantitative estimate of drug-likeness (QED) is 0.735.